The first-order valence-electron chi connectivity index (χ1n) is 8.72. The highest BCUT2D eigenvalue weighted by atomic mass is 16.4. The molecule has 6 nitrogen and oxygen atoms in total. The molecule has 1 aliphatic heterocycles. The van der Waals surface area contributed by atoms with Gasteiger partial charge in [-0.3, -0.25) is 14.5 Å². The number of likely N-dealkylation sites (tertiary alicyclic amines) is 1. The summed E-state index contributed by atoms with van der Waals surface area (Å²) in [5.41, 5.74) is 1.72. The topological polar surface area (TPSA) is 90.5 Å². The molecular formula is C19H20N2O4. The summed E-state index contributed by atoms with van der Waals surface area (Å²) in [6.07, 6.45) is 5.10. The van der Waals surface area contributed by atoms with E-state index in [1.165, 1.54) is 0 Å². The lowest BCUT2D eigenvalue weighted by Crippen LogP contribution is -2.46. The van der Waals surface area contributed by atoms with Gasteiger partial charge in [-0.1, -0.05) is 31.0 Å². The van der Waals surface area contributed by atoms with Crippen LogP contribution in [-0.2, 0) is 20.8 Å². The average molecular weight is 340 g/mol. The number of carbonyl (C=O) groups excluding carboxylic acids is 2. The minimum atomic E-state index is -1.15. The van der Waals surface area contributed by atoms with Crippen LogP contribution in [0.2, 0.25) is 0 Å². The van der Waals surface area contributed by atoms with E-state index in [1.54, 1.807) is 6.20 Å². The summed E-state index contributed by atoms with van der Waals surface area (Å²) in [5.74, 6) is -2.40. The van der Waals surface area contributed by atoms with E-state index in [0.29, 0.717) is 12.8 Å². The molecule has 2 heterocycles. The van der Waals surface area contributed by atoms with E-state index < -0.39 is 12.0 Å². The van der Waals surface area contributed by atoms with Crippen molar-refractivity contribution in [2.45, 2.75) is 38.1 Å². The van der Waals surface area contributed by atoms with Gasteiger partial charge in [0.15, 0.2) is 0 Å². The number of carbonyl (C=O) groups is 3. The van der Waals surface area contributed by atoms with Gasteiger partial charge in [-0.15, -0.1) is 0 Å². The fourth-order valence-corrected chi connectivity index (χ4v) is 4.29. The Kier molecular flexibility index (Phi) is 3.82. The van der Waals surface area contributed by atoms with Crippen LogP contribution in [0.3, 0.4) is 0 Å². The molecule has 0 spiro atoms. The second-order valence-electron chi connectivity index (χ2n) is 6.96. The van der Waals surface area contributed by atoms with Gasteiger partial charge < -0.3 is 10.1 Å². The quantitative estimate of drug-likeness (QED) is 0.836. The maximum atomic E-state index is 12.7. The van der Waals surface area contributed by atoms with Gasteiger partial charge in [0.1, 0.15) is 6.04 Å². The number of hydrogen-bond donors (Lipinski definition) is 2. The number of amides is 2. The molecule has 1 aromatic heterocycles. The van der Waals surface area contributed by atoms with Crippen molar-refractivity contribution in [1.82, 2.24) is 9.88 Å². The lowest BCUT2D eigenvalue weighted by atomic mass is 9.81. The van der Waals surface area contributed by atoms with Crippen LogP contribution in [0, 0.1) is 11.8 Å². The number of rotatable bonds is 4. The first-order chi connectivity index (χ1) is 12.1. The van der Waals surface area contributed by atoms with Crippen LogP contribution in [0.15, 0.2) is 30.5 Å². The molecule has 1 saturated carbocycles. The molecule has 25 heavy (non-hydrogen) atoms. The van der Waals surface area contributed by atoms with Gasteiger partial charge in [0.25, 0.3) is 0 Å². The number of fused-ring (bicyclic) bond motifs is 2. The number of para-hydroxylation sites is 1. The first-order valence-corrected chi connectivity index (χ1v) is 8.72. The van der Waals surface area contributed by atoms with E-state index in [-0.39, 0.29) is 30.1 Å². The number of benzene rings is 1. The van der Waals surface area contributed by atoms with Crippen LogP contribution in [0.5, 0.6) is 0 Å². The van der Waals surface area contributed by atoms with Crippen molar-refractivity contribution in [1.29, 1.82) is 0 Å². The Morgan fingerprint density at radius 2 is 1.80 bits per heavy atom. The number of imide groups is 1. The number of H-pyrrole nitrogens is 1. The highest BCUT2D eigenvalue weighted by molar-refractivity contribution is 6.07. The van der Waals surface area contributed by atoms with Crippen LogP contribution < -0.4 is 0 Å². The van der Waals surface area contributed by atoms with Crippen molar-refractivity contribution < 1.29 is 19.5 Å². The van der Waals surface area contributed by atoms with Crippen LogP contribution in [-0.4, -0.2) is 38.8 Å². The molecule has 4 rings (SSSR count). The van der Waals surface area contributed by atoms with Crippen molar-refractivity contribution in [2.24, 2.45) is 11.8 Å². The van der Waals surface area contributed by atoms with Gasteiger partial charge in [0.2, 0.25) is 11.8 Å². The maximum absolute atomic E-state index is 12.7. The molecule has 0 bridgehead atoms. The summed E-state index contributed by atoms with van der Waals surface area (Å²) in [7, 11) is 0. The summed E-state index contributed by atoms with van der Waals surface area (Å²) in [6, 6.07) is 6.46. The zero-order valence-electron chi connectivity index (χ0n) is 13.8. The van der Waals surface area contributed by atoms with Crippen LogP contribution in [0.25, 0.3) is 10.9 Å². The molecule has 2 aliphatic rings. The number of aliphatic carboxylic acids is 1. The van der Waals surface area contributed by atoms with Gasteiger partial charge in [-0.25, -0.2) is 4.79 Å². The first kappa shape index (κ1) is 15.9. The Bertz CT molecular complexity index is 832. The smallest absolute Gasteiger partial charge is 0.327 e. The van der Waals surface area contributed by atoms with Gasteiger partial charge in [-0.05, 0) is 24.5 Å². The molecule has 2 aromatic rings. The molecule has 3 atom stereocenters. The van der Waals surface area contributed by atoms with Gasteiger partial charge >= 0.3 is 5.97 Å². The molecule has 2 N–H and O–H groups in total. The molecule has 2 amide bonds. The van der Waals surface area contributed by atoms with Crippen LogP contribution in [0.1, 0.15) is 31.2 Å². The lowest BCUT2D eigenvalue weighted by Gasteiger charge is -2.23. The second kappa shape index (κ2) is 6.02. The van der Waals surface area contributed by atoms with Gasteiger partial charge in [0, 0.05) is 23.5 Å². The normalized spacial score (nSPS) is 24.6. The Hall–Kier alpha value is -2.63. The van der Waals surface area contributed by atoms with E-state index in [4.69, 9.17) is 0 Å². The molecule has 1 aliphatic carbocycles. The predicted molar refractivity (Wildman–Crippen MR) is 90.7 cm³/mol. The third-order valence-electron chi connectivity index (χ3n) is 5.56. The molecule has 2 fully saturated rings. The van der Waals surface area contributed by atoms with Crippen LogP contribution in [0.4, 0.5) is 0 Å². The summed E-state index contributed by atoms with van der Waals surface area (Å²) in [4.78, 5) is 41.5. The molecule has 0 radical (unpaired) electrons. The number of carboxylic acid groups (broad SMARTS) is 1. The summed E-state index contributed by atoms with van der Waals surface area (Å²) < 4.78 is 0. The number of carboxylic acids is 1. The standard InChI is InChI=1S/C19H20N2O4/c22-17-13-6-1-2-7-14(13)18(23)21(17)16(19(24)25)9-11-10-20-15-8-4-3-5-12(11)15/h3-5,8,10,13-14,16,20H,1-2,6-7,9H2,(H,24,25)/t13-,14+,16-/m0/s1. The zero-order valence-corrected chi connectivity index (χ0v) is 13.8. The number of nitrogens with zero attached hydrogens (tertiary/aromatic N) is 1. The third-order valence-corrected chi connectivity index (χ3v) is 5.56. The Morgan fingerprint density at radius 1 is 1.16 bits per heavy atom. The van der Waals surface area contributed by atoms with E-state index in [1.807, 2.05) is 24.3 Å². The van der Waals surface area contributed by atoms with Gasteiger partial charge in [0.05, 0.1) is 11.8 Å². The average Bonchev–Trinajstić information content (AvgIpc) is 3.13. The number of nitrogens with one attached hydrogen (secondary N) is 1. The van der Waals surface area contributed by atoms with Crippen molar-refractivity contribution in [3.05, 3.63) is 36.0 Å². The van der Waals surface area contributed by atoms with Crippen molar-refractivity contribution in [3.8, 4) is 0 Å². The van der Waals surface area contributed by atoms with Crippen molar-refractivity contribution in [2.75, 3.05) is 0 Å². The van der Waals surface area contributed by atoms with E-state index in [0.717, 1.165) is 34.2 Å². The van der Waals surface area contributed by atoms with Crippen LogP contribution >= 0.6 is 0 Å². The van der Waals surface area contributed by atoms with Gasteiger partial charge in [-0.2, -0.15) is 0 Å². The largest absolute Gasteiger partial charge is 0.480 e. The monoisotopic (exact) mass is 340 g/mol. The molecule has 1 aromatic carbocycles. The maximum Gasteiger partial charge on any atom is 0.327 e. The zero-order chi connectivity index (χ0) is 17.6. The summed E-state index contributed by atoms with van der Waals surface area (Å²) in [5, 5.41) is 10.6. The molecule has 6 heteroatoms. The number of aromatic amines is 1. The summed E-state index contributed by atoms with van der Waals surface area (Å²) >= 11 is 0. The third kappa shape index (κ3) is 2.52. The SMILES string of the molecule is O=C(O)[C@H](Cc1c[nH]c2ccccc12)N1C(=O)[C@H]2CCCC[C@H]2C1=O. The minimum Gasteiger partial charge on any atom is -0.480 e. The fraction of sp³-hybridized carbons (Fsp3) is 0.421. The van der Waals surface area contributed by atoms with Crippen molar-refractivity contribution >= 4 is 28.7 Å². The van der Waals surface area contributed by atoms with E-state index in [2.05, 4.69) is 4.98 Å². The minimum absolute atomic E-state index is 0.121. The lowest BCUT2D eigenvalue weighted by molar-refractivity contribution is -0.155. The molecule has 1 saturated heterocycles. The fourth-order valence-electron chi connectivity index (χ4n) is 4.29. The highest BCUT2D eigenvalue weighted by Gasteiger charge is 2.51. The summed E-state index contributed by atoms with van der Waals surface area (Å²) in [6.45, 7) is 0. The molecule has 130 valence electrons. The van der Waals surface area contributed by atoms with E-state index >= 15 is 0 Å². The second-order valence-corrected chi connectivity index (χ2v) is 6.96. The van der Waals surface area contributed by atoms with Crippen molar-refractivity contribution in [3.63, 3.8) is 0 Å². The highest BCUT2D eigenvalue weighted by Crippen LogP contribution is 2.39. The molecule has 0 unspecified atom stereocenters. The molecular weight excluding hydrogens is 320 g/mol. The van der Waals surface area contributed by atoms with E-state index in [9.17, 15) is 19.5 Å². The Morgan fingerprint density at radius 3 is 2.44 bits per heavy atom. The number of aromatic nitrogens is 1. The Balaban J connectivity index is 1.66. The number of hydrogen-bond acceptors (Lipinski definition) is 3. The Labute approximate surface area is 144 Å². The predicted octanol–water partition coefficient (Wildman–Crippen LogP) is 2.34.